The lowest BCUT2D eigenvalue weighted by molar-refractivity contribution is 0.0959. The van der Waals surface area contributed by atoms with Gasteiger partial charge in [0.15, 0.2) is 12.5 Å². The number of carbonyl (C=O) groups is 1. The van der Waals surface area contributed by atoms with Gasteiger partial charge >= 0.3 is 0 Å². The van der Waals surface area contributed by atoms with E-state index in [4.69, 9.17) is 23.2 Å². The van der Waals surface area contributed by atoms with Crippen LogP contribution in [0.5, 0.6) is 0 Å². The van der Waals surface area contributed by atoms with E-state index in [0.29, 0.717) is 0 Å². The number of aromatic nitrogens is 1. The van der Waals surface area contributed by atoms with Crippen molar-refractivity contribution in [1.29, 1.82) is 0 Å². The molecule has 1 aromatic heterocycles. The van der Waals surface area contributed by atoms with E-state index in [1.54, 1.807) is 0 Å². The molecule has 0 bridgehead atoms. The summed E-state index contributed by atoms with van der Waals surface area (Å²) in [6.45, 7) is -1.08. The van der Waals surface area contributed by atoms with Gasteiger partial charge in [-0.15, -0.1) is 0 Å². The monoisotopic (exact) mass is 207 g/mol. The predicted molar refractivity (Wildman–Crippen MR) is 44.6 cm³/mol. The molecule has 0 aliphatic heterocycles. The molecule has 0 saturated heterocycles. The van der Waals surface area contributed by atoms with E-state index in [1.165, 1.54) is 12.3 Å². The third kappa shape index (κ3) is 1.73. The van der Waals surface area contributed by atoms with Gasteiger partial charge in [0.05, 0.1) is 5.02 Å². The third-order valence-corrected chi connectivity index (χ3v) is 2.03. The van der Waals surface area contributed by atoms with E-state index in [2.05, 4.69) is 4.98 Å². The molecule has 1 aromatic rings. The number of hydrogen-bond acceptors (Lipinski definition) is 2. The molecule has 0 unspecified atom stereocenters. The zero-order valence-electron chi connectivity index (χ0n) is 5.85. The molecule has 0 spiro atoms. The van der Waals surface area contributed by atoms with Crippen LogP contribution >= 0.6 is 23.2 Å². The van der Waals surface area contributed by atoms with Crippen LogP contribution in [0.25, 0.3) is 0 Å². The number of ketones is 1. The number of halogens is 3. The van der Waals surface area contributed by atoms with Gasteiger partial charge < -0.3 is 0 Å². The van der Waals surface area contributed by atoms with E-state index in [1.807, 2.05) is 0 Å². The van der Waals surface area contributed by atoms with Crippen LogP contribution in [-0.2, 0) is 0 Å². The Morgan fingerprint density at radius 1 is 1.58 bits per heavy atom. The minimum absolute atomic E-state index is 0.00168. The summed E-state index contributed by atoms with van der Waals surface area (Å²) in [6, 6.07) is 1.33. The number of pyridine rings is 1. The number of Topliss-reactive ketones (excluding diaryl/α,β-unsaturated/α-hetero) is 1. The normalized spacial score (nSPS) is 9.92. The summed E-state index contributed by atoms with van der Waals surface area (Å²) >= 11 is 11.1. The van der Waals surface area contributed by atoms with Crippen molar-refractivity contribution in [3.05, 3.63) is 28.0 Å². The summed E-state index contributed by atoms with van der Waals surface area (Å²) in [7, 11) is 0. The van der Waals surface area contributed by atoms with Crippen molar-refractivity contribution in [3.8, 4) is 0 Å². The molecule has 0 amide bonds. The summed E-state index contributed by atoms with van der Waals surface area (Å²) in [5, 5.41) is 0.0118. The first-order valence-corrected chi connectivity index (χ1v) is 3.81. The summed E-state index contributed by atoms with van der Waals surface area (Å²) in [6.07, 6.45) is 1.30. The lowest BCUT2D eigenvalue weighted by atomic mass is 10.2. The van der Waals surface area contributed by atoms with Gasteiger partial charge in [-0.3, -0.25) is 4.79 Å². The molecule has 0 aliphatic rings. The summed E-state index contributed by atoms with van der Waals surface area (Å²) < 4.78 is 11.9. The Morgan fingerprint density at radius 2 is 2.25 bits per heavy atom. The molecule has 64 valence electrons. The Kier molecular flexibility index (Phi) is 3.00. The van der Waals surface area contributed by atoms with Gasteiger partial charge in [0.1, 0.15) is 5.15 Å². The Balaban J connectivity index is 3.16. The van der Waals surface area contributed by atoms with Gasteiger partial charge in [-0.25, -0.2) is 9.37 Å². The molecule has 12 heavy (non-hydrogen) atoms. The SMILES string of the molecule is O=C(CF)c1ccnc(Cl)c1Cl. The maximum absolute atomic E-state index is 11.9. The van der Waals surface area contributed by atoms with Crippen molar-refractivity contribution in [1.82, 2.24) is 4.98 Å². The van der Waals surface area contributed by atoms with Gasteiger partial charge in [0, 0.05) is 11.8 Å². The fourth-order valence-corrected chi connectivity index (χ4v) is 1.08. The van der Waals surface area contributed by atoms with Gasteiger partial charge in [-0.2, -0.15) is 0 Å². The first-order valence-electron chi connectivity index (χ1n) is 3.06. The molecule has 2 nitrogen and oxygen atoms in total. The van der Waals surface area contributed by atoms with Gasteiger partial charge in [0.25, 0.3) is 0 Å². The third-order valence-electron chi connectivity index (χ3n) is 1.27. The number of rotatable bonds is 2. The second-order valence-corrected chi connectivity index (χ2v) is 2.76. The summed E-state index contributed by atoms with van der Waals surface area (Å²) in [4.78, 5) is 14.5. The first kappa shape index (κ1) is 9.42. The number of nitrogens with zero attached hydrogens (tertiary/aromatic N) is 1. The summed E-state index contributed by atoms with van der Waals surface area (Å²) in [5.74, 6) is -0.690. The average Bonchev–Trinajstić information content (AvgIpc) is 2.08. The van der Waals surface area contributed by atoms with Crippen molar-refractivity contribution in [2.45, 2.75) is 0 Å². The number of carbonyl (C=O) groups excluding carboxylic acids is 1. The predicted octanol–water partition coefficient (Wildman–Crippen LogP) is 2.54. The highest BCUT2D eigenvalue weighted by atomic mass is 35.5. The van der Waals surface area contributed by atoms with Gasteiger partial charge in [-0.05, 0) is 6.07 Å². The highest BCUT2D eigenvalue weighted by Gasteiger charge is 2.12. The average molecular weight is 208 g/mol. The van der Waals surface area contributed by atoms with E-state index >= 15 is 0 Å². The van der Waals surface area contributed by atoms with Gasteiger partial charge in [-0.1, -0.05) is 23.2 Å². The largest absolute Gasteiger partial charge is 0.291 e. The molecule has 1 rings (SSSR count). The van der Waals surface area contributed by atoms with Crippen LogP contribution in [0.2, 0.25) is 10.2 Å². The van der Waals surface area contributed by atoms with E-state index in [9.17, 15) is 9.18 Å². The van der Waals surface area contributed by atoms with E-state index in [-0.39, 0.29) is 15.7 Å². The Labute approximate surface area is 78.3 Å². The number of hydrogen-bond donors (Lipinski definition) is 0. The lowest BCUT2D eigenvalue weighted by Crippen LogP contribution is -2.02. The lowest BCUT2D eigenvalue weighted by Gasteiger charge is -1.99. The Hall–Kier alpha value is -0.670. The van der Waals surface area contributed by atoms with Crippen molar-refractivity contribution in [3.63, 3.8) is 0 Å². The summed E-state index contributed by atoms with van der Waals surface area (Å²) in [5.41, 5.74) is 0.0687. The molecule has 0 aliphatic carbocycles. The highest BCUT2D eigenvalue weighted by Crippen LogP contribution is 2.23. The van der Waals surface area contributed by atoms with Crippen molar-refractivity contribution >= 4 is 29.0 Å². The molecule has 0 N–H and O–H groups in total. The fraction of sp³-hybridized carbons (Fsp3) is 0.143. The Morgan fingerprint density at radius 3 is 2.83 bits per heavy atom. The maximum Gasteiger partial charge on any atom is 0.195 e. The second kappa shape index (κ2) is 3.83. The van der Waals surface area contributed by atoms with Crippen molar-refractivity contribution in [2.75, 3.05) is 6.67 Å². The molecule has 5 heteroatoms. The zero-order valence-corrected chi connectivity index (χ0v) is 7.36. The molecule has 0 atom stereocenters. The molecular weight excluding hydrogens is 204 g/mol. The molecule has 0 fully saturated rings. The second-order valence-electron chi connectivity index (χ2n) is 2.02. The van der Waals surface area contributed by atoms with Crippen LogP contribution in [-0.4, -0.2) is 17.4 Å². The Bertz CT molecular complexity index is 316. The van der Waals surface area contributed by atoms with Crippen LogP contribution in [0.4, 0.5) is 4.39 Å². The molecular formula is C7H4Cl2FNO. The zero-order chi connectivity index (χ0) is 9.14. The van der Waals surface area contributed by atoms with Crippen LogP contribution < -0.4 is 0 Å². The highest BCUT2D eigenvalue weighted by molar-refractivity contribution is 6.43. The fourth-order valence-electron chi connectivity index (χ4n) is 0.706. The topological polar surface area (TPSA) is 30.0 Å². The minimum atomic E-state index is -1.08. The van der Waals surface area contributed by atoms with Crippen molar-refractivity contribution < 1.29 is 9.18 Å². The van der Waals surface area contributed by atoms with Crippen LogP contribution in [0.3, 0.4) is 0 Å². The number of alkyl halides is 1. The van der Waals surface area contributed by atoms with E-state index in [0.717, 1.165) is 0 Å². The minimum Gasteiger partial charge on any atom is -0.291 e. The van der Waals surface area contributed by atoms with Crippen LogP contribution in [0.1, 0.15) is 10.4 Å². The molecule has 1 heterocycles. The quantitative estimate of drug-likeness (QED) is 0.552. The molecule has 0 radical (unpaired) electrons. The molecule has 0 aromatic carbocycles. The van der Waals surface area contributed by atoms with Crippen LogP contribution in [0, 0.1) is 0 Å². The maximum atomic E-state index is 11.9. The standard InChI is InChI=1S/C7H4Cl2FNO/c8-6-4(5(12)3-10)1-2-11-7(6)9/h1-2H,3H2. The van der Waals surface area contributed by atoms with E-state index < -0.39 is 12.5 Å². The molecule has 0 saturated carbocycles. The van der Waals surface area contributed by atoms with Crippen LogP contribution in [0.15, 0.2) is 12.3 Å². The first-order chi connectivity index (χ1) is 5.66. The van der Waals surface area contributed by atoms with Gasteiger partial charge in [0.2, 0.25) is 0 Å². The van der Waals surface area contributed by atoms with Crippen molar-refractivity contribution in [2.24, 2.45) is 0 Å². The smallest absolute Gasteiger partial charge is 0.195 e.